The lowest BCUT2D eigenvalue weighted by Crippen LogP contribution is -2.48. The van der Waals surface area contributed by atoms with Crippen molar-refractivity contribution < 1.29 is 19.2 Å². The monoisotopic (exact) mass is 435 g/mol. The Labute approximate surface area is 191 Å². The van der Waals surface area contributed by atoms with E-state index >= 15 is 0 Å². The molecule has 0 N–H and O–H groups in total. The Bertz CT molecular complexity index is 1340. The second-order valence-electron chi connectivity index (χ2n) is 7.92. The van der Waals surface area contributed by atoms with E-state index in [1.165, 1.54) is 0 Å². The quantitative estimate of drug-likeness (QED) is 0.233. The normalized spacial score (nSPS) is 17.3. The van der Waals surface area contributed by atoms with Crippen LogP contribution in [-0.4, -0.2) is 23.1 Å². The Morgan fingerprint density at radius 1 is 0.818 bits per heavy atom. The number of carbonyl (C=O) groups is 2. The third kappa shape index (κ3) is 3.89. The molecule has 33 heavy (non-hydrogen) atoms. The van der Waals surface area contributed by atoms with Gasteiger partial charge in [0.25, 0.3) is 0 Å². The van der Waals surface area contributed by atoms with E-state index in [0.717, 1.165) is 21.9 Å². The van der Waals surface area contributed by atoms with Crippen LogP contribution >= 0.6 is 0 Å². The van der Waals surface area contributed by atoms with Gasteiger partial charge in [0, 0.05) is 11.1 Å². The van der Waals surface area contributed by atoms with Crippen LogP contribution in [0, 0.1) is 0 Å². The number of oxime groups is 1. The van der Waals surface area contributed by atoms with Gasteiger partial charge in [-0.1, -0.05) is 108 Å². The van der Waals surface area contributed by atoms with E-state index in [-0.39, 0.29) is 13.0 Å². The van der Waals surface area contributed by atoms with Crippen LogP contribution in [0.2, 0.25) is 0 Å². The lowest BCUT2D eigenvalue weighted by atomic mass is 9.86. The Hall–Kier alpha value is -4.25. The van der Waals surface area contributed by atoms with E-state index in [9.17, 15) is 9.59 Å². The molecule has 1 aliphatic heterocycles. The van der Waals surface area contributed by atoms with Crippen molar-refractivity contribution in [2.24, 2.45) is 5.16 Å². The smallest absolute Gasteiger partial charge is 0.362 e. The first kappa shape index (κ1) is 20.6. The van der Waals surface area contributed by atoms with Crippen LogP contribution in [0.25, 0.3) is 10.8 Å². The summed E-state index contributed by atoms with van der Waals surface area (Å²) < 4.78 is 5.57. The fourth-order valence-electron chi connectivity index (χ4n) is 4.04. The molecule has 4 aromatic carbocycles. The Morgan fingerprint density at radius 2 is 1.48 bits per heavy atom. The van der Waals surface area contributed by atoms with Gasteiger partial charge in [-0.05, 0) is 16.3 Å². The third-order valence-corrected chi connectivity index (χ3v) is 5.77. The first-order chi connectivity index (χ1) is 16.2. The van der Waals surface area contributed by atoms with E-state index in [4.69, 9.17) is 9.57 Å². The predicted octanol–water partition coefficient (Wildman–Crippen LogP) is 5.33. The maximum atomic E-state index is 13.6. The topological polar surface area (TPSA) is 65.0 Å². The summed E-state index contributed by atoms with van der Waals surface area (Å²) in [6.07, 6.45) is -0.0115. The number of rotatable bonds is 6. The molecule has 0 amide bonds. The summed E-state index contributed by atoms with van der Waals surface area (Å²) in [7, 11) is 0. The second-order valence-corrected chi connectivity index (χ2v) is 7.92. The summed E-state index contributed by atoms with van der Waals surface area (Å²) in [5.41, 5.74) is 0.673. The highest BCUT2D eigenvalue weighted by Gasteiger charge is 2.55. The molecule has 0 spiro atoms. The Balaban J connectivity index is 1.49. The van der Waals surface area contributed by atoms with Crippen LogP contribution in [0.5, 0.6) is 0 Å². The molecular formula is C28H21NO4. The van der Waals surface area contributed by atoms with Crippen molar-refractivity contribution in [3.63, 3.8) is 0 Å². The summed E-state index contributed by atoms with van der Waals surface area (Å²) in [5.74, 6) is -1.22. The number of Topliss-reactive ketones (excluding diaryl/α,β-unsaturated/α-hetero) is 1. The van der Waals surface area contributed by atoms with Crippen LogP contribution in [0.3, 0.4) is 0 Å². The molecule has 162 valence electrons. The molecule has 1 atom stereocenters. The minimum atomic E-state index is -1.87. The Morgan fingerprint density at radius 3 is 2.27 bits per heavy atom. The van der Waals surface area contributed by atoms with Gasteiger partial charge in [0.05, 0.1) is 12.1 Å². The van der Waals surface area contributed by atoms with Crippen molar-refractivity contribution in [3.8, 4) is 0 Å². The van der Waals surface area contributed by atoms with Gasteiger partial charge in [-0.25, -0.2) is 4.79 Å². The highest BCUT2D eigenvalue weighted by molar-refractivity contribution is 6.22. The molecule has 0 saturated heterocycles. The van der Waals surface area contributed by atoms with Crippen molar-refractivity contribution in [1.29, 1.82) is 0 Å². The zero-order valence-corrected chi connectivity index (χ0v) is 17.8. The van der Waals surface area contributed by atoms with E-state index in [1.807, 2.05) is 78.9 Å². The van der Waals surface area contributed by atoms with Crippen LogP contribution in [0.15, 0.2) is 108 Å². The van der Waals surface area contributed by atoms with E-state index in [2.05, 4.69) is 5.16 Å². The van der Waals surface area contributed by atoms with Crippen molar-refractivity contribution in [3.05, 3.63) is 120 Å². The van der Waals surface area contributed by atoms with E-state index in [0.29, 0.717) is 11.3 Å². The number of fused-ring (bicyclic) bond motifs is 1. The molecular weight excluding hydrogens is 414 g/mol. The number of hydrogen-bond acceptors (Lipinski definition) is 5. The van der Waals surface area contributed by atoms with Gasteiger partial charge in [-0.3, -0.25) is 4.79 Å². The average Bonchev–Trinajstić information content (AvgIpc) is 3.34. The number of hydrogen-bond donors (Lipinski definition) is 0. The fourth-order valence-corrected chi connectivity index (χ4v) is 4.04. The zero-order chi connectivity index (χ0) is 22.7. The van der Waals surface area contributed by atoms with Gasteiger partial charge in [0.15, 0.2) is 0 Å². The summed E-state index contributed by atoms with van der Waals surface area (Å²) in [6.45, 7) is 0.0381. The molecule has 4 aromatic rings. The minimum Gasteiger partial charge on any atom is -0.457 e. The predicted molar refractivity (Wildman–Crippen MR) is 126 cm³/mol. The molecule has 1 unspecified atom stereocenters. The Kier molecular flexibility index (Phi) is 5.45. The number of ether oxygens (including phenoxy) is 1. The zero-order valence-electron chi connectivity index (χ0n) is 17.8. The number of carbonyl (C=O) groups excluding carboxylic acids is 2. The highest BCUT2D eigenvalue weighted by atomic mass is 16.7. The fraction of sp³-hybridized carbons (Fsp3) is 0.107. The van der Waals surface area contributed by atoms with Crippen LogP contribution < -0.4 is 0 Å². The number of benzene rings is 4. The van der Waals surface area contributed by atoms with Gasteiger partial charge in [0.2, 0.25) is 5.78 Å². The van der Waals surface area contributed by atoms with Gasteiger partial charge < -0.3 is 9.57 Å². The van der Waals surface area contributed by atoms with E-state index in [1.54, 1.807) is 24.3 Å². The summed E-state index contributed by atoms with van der Waals surface area (Å²) >= 11 is 0. The van der Waals surface area contributed by atoms with Gasteiger partial charge in [-0.15, -0.1) is 0 Å². The molecule has 0 aromatic heterocycles. The molecule has 1 aliphatic rings. The van der Waals surface area contributed by atoms with Crippen LogP contribution in [-0.2, 0) is 21.0 Å². The maximum Gasteiger partial charge on any atom is 0.362 e. The molecule has 1 heterocycles. The van der Waals surface area contributed by atoms with Crippen molar-refractivity contribution in [2.75, 3.05) is 0 Å². The third-order valence-electron chi connectivity index (χ3n) is 5.77. The lowest BCUT2D eigenvalue weighted by Gasteiger charge is -2.23. The second kappa shape index (κ2) is 8.71. The molecule has 5 nitrogen and oxygen atoms in total. The van der Waals surface area contributed by atoms with Crippen LogP contribution in [0.1, 0.15) is 27.9 Å². The van der Waals surface area contributed by atoms with Crippen molar-refractivity contribution in [2.45, 2.75) is 18.6 Å². The standard InChI is InChI=1S/C28H21NO4/c30-26(22-13-5-2-6-14-22)28(27(31)32-19-20-10-3-1-4-11-20)18-25(29-33-28)24-17-9-15-21-12-7-8-16-23(21)24/h1-17H,18-19H2. The summed E-state index contributed by atoms with van der Waals surface area (Å²) in [4.78, 5) is 32.6. The lowest BCUT2D eigenvalue weighted by molar-refractivity contribution is -0.164. The van der Waals surface area contributed by atoms with Crippen LogP contribution in [0.4, 0.5) is 0 Å². The molecule has 0 bridgehead atoms. The number of esters is 1. The molecule has 5 heteroatoms. The number of nitrogens with zero attached hydrogens (tertiary/aromatic N) is 1. The maximum absolute atomic E-state index is 13.6. The highest BCUT2D eigenvalue weighted by Crippen LogP contribution is 2.34. The molecule has 0 aliphatic carbocycles. The van der Waals surface area contributed by atoms with Crippen molar-refractivity contribution in [1.82, 2.24) is 0 Å². The average molecular weight is 435 g/mol. The summed E-state index contributed by atoms with van der Waals surface area (Å²) in [6, 6.07) is 31.7. The molecule has 0 fully saturated rings. The van der Waals surface area contributed by atoms with Gasteiger partial charge in [-0.2, -0.15) is 0 Å². The van der Waals surface area contributed by atoms with Gasteiger partial charge >= 0.3 is 11.6 Å². The van der Waals surface area contributed by atoms with Crippen molar-refractivity contribution >= 4 is 28.2 Å². The SMILES string of the molecule is O=C(OCc1ccccc1)C1(C(=O)c2ccccc2)CC(c2cccc3ccccc23)=NO1. The first-order valence-electron chi connectivity index (χ1n) is 10.7. The van der Waals surface area contributed by atoms with Gasteiger partial charge in [0.1, 0.15) is 6.61 Å². The molecule has 5 rings (SSSR count). The minimum absolute atomic E-state index is 0.0115. The molecule has 0 saturated carbocycles. The van der Waals surface area contributed by atoms with E-state index < -0.39 is 17.4 Å². The first-order valence-corrected chi connectivity index (χ1v) is 10.7. The molecule has 0 radical (unpaired) electrons. The largest absolute Gasteiger partial charge is 0.457 e. The summed E-state index contributed by atoms with van der Waals surface area (Å²) in [5, 5.41) is 6.24. The number of ketones is 1.